The first-order valence-electron chi connectivity index (χ1n) is 6.29. The lowest BCUT2D eigenvalue weighted by Gasteiger charge is -2.12. The minimum atomic E-state index is -0.633. The smallest absolute Gasteiger partial charge is 0.261 e. The zero-order chi connectivity index (χ0) is 14.5. The molecule has 2 aromatic rings. The number of nitrogens with zero attached hydrogens (tertiary/aromatic N) is 1. The first-order valence-corrected chi connectivity index (χ1v) is 7.17. The molecule has 0 fully saturated rings. The number of aryl methyl sites for hydroxylation is 1. The number of nitrogens with one attached hydrogen (secondary N) is 3. The van der Waals surface area contributed by atoms with Crippen LogP contribution in [0.4, 0.5) is 5.82 Å². The molecule has 0 aromatic carbocycles. The van der Waals surface area contributed by atoms with Gasteiger partial charge in [-0.3, -0.25) is 14.7 Å². The van der Waals surface area contributed by atoms with E-state index in [1.165, 1.54) is 11.3 Å². The van der Waals surface area contributed by atoms with Crippen molar-refractivity contribution < 1.29 is 9.59 Å². The number of anilines is 1. The molecule has 0 saturated heterocycles. The van der Waals surface area contributed by atoms with Crippen molar-refractivity contribution in [2.24, 2.45) is 0 Å². The molecule has 2 amide bonds. The first kappa shape index (κ1) is 14.3. The van der Waals surface area contributed by atoms with Gasteiger partial charge in [0.2, 0.25) is 5.91 Å². The third-order valence-electron chi connectivity index (χ3n) is 2.75. The second-order valence-corrected chi connectivity index (χ2v) is 5.24. The number of thiophene rings is 1. The highest BCUT2D eigenvalue weighted by Crippen LogP contribution is 2.09. The summed E-state index contributed by atoms with van der Waals surface area (Å²) in [7, 11) is 0. The van der Waals surface area contributed by atoms with Crippen LogP contribution < -0.4 is 10.6 Å². The highest BCUT2D eigenvalue weighted by Gasteiger charge is 2.17. The summed E-state index contributed by atoms with van der Waals surface area (Å²) in [5.41, 5.74) is 0.940. The predicted molar refractivity (Wildman–Crippen MR) is 77.8 cm³/mol. The third-order valence-corrected chi connectivity index (χ3v) is 3.62. The summed E-state index contributed by atoms with van der Waals surface area (Å²) in [5.74, 6) is -0.0907. The Bertz CT molecular complexity index is 591. The standard InChI is InChI=1S/C13H16N4O2S/c1-3-9-7-11(17-16-9)15-12(18)8(2)14-13(19)10-5-4-6-20-10/h4-8H,3H2,1-2H3,(H,14,19)(H2,15,16,17,18)/t8-/m0/s1. The van der Waals surface area contributed by atoms with Gasteiger partial charge in [-0.25, -0.2) is 0 Å². The highest BCUT2D eigenvalue weighted by molar-refractivity contribution is 7.12. The minimum Gasteiger partial charge on any atom is -0.340 e. The van der Waals surface area contributed by atoms with Crippen molar-refractivity contribution in [2.75, 3.05) is 5.32 Å². The normalized spacial score (nSPS) is 11.9. The summed E-state index contributed by atoms with van der Waals surface area (Å²) >= 11 is 1.33. The molecule has 1 atom stereocenters. The van der Waals surface area contributed by atoms with Gasteiger partial charge in [0.15, 0.2) is 5.82 Å². The Morgan fingerprint density at radius 3 is 2.90 bits per heavy atom. The molecular formula is C13H16N4O2S. The van der Waals surface area contributed by atoms with Crippen molar-refractivity contribution in [3.63, 3.8) is 0 Å². The van der Waals surface area contributed by atoms with Gasteiger partial charge in [0.05, 0.1) is 4.88 Å². The molecule has 7 heteroatoms. The third kappa shape index (κ3) is 3.45. The number of carbonyl (C=O) groups excluding carboxylic acids is 2. The molecule has 2 aromatic heterocycles. The lowest BCUT2D eigenvalue weighted by molar-refractivity contribution is -0.117. The fraction of sp³-hybridized carbons (Fsp3) is 0.308. The lowest BCUT2D eigenvalue weighted by atomic mass is 10.3. The van der Waals surface area contributed by atoms with Gasteiger partial charge in [0.25, 0.3) is 5.91 Å². The van der Waals surface area contributed by atoms with Crippen molar-refractivity contribution >= 4 is 29.0 Å². The molecule has 0 saturated carbocycles. The molecule has 0 aliphatic carbocycles. The van der Waals surface area contributed by atoms with E-state index in [0.29, 0.717) is 10.7 Å². The second kappa shape index (κ2) is 6.33. The second-order valence-electron chi connectivity index (χ2n) is 4.29. The average molecular weight is 292 g/mol. The Labute approximate surface area is 120 Å². The largest absolute Gasteiger partial charge is 0.340 e. The highest BCUT2D eigenvalue weighted by atomic mass is 32.1. The topological polar surface area (TPSA) is 86.9 Å². The molecule has 0 aliphatic heterocycles. The molecule has 0 aliphatic rings. The van der Waals surface area contributed by atoms with Crippen LogP contribution in [0.5, 0.6) is 0 Å². The summed E-state index contributed by atoms with van der Waals surface area (Å²) in [4.78, 5) is 24.3. The van der Waals surface area contributed by atoms with Crippen LogP contribution in [0.2, 0.25) is 0 Å². The zero-order valence-corrected chi connectivity index (χ0v) is 12.1. The summed E-state index contributed by atoms with van der Waals surface area (Å²) in [5, 5.41) is 13.9. The van der Waals surface area contributed by atoms with E-state index in [1.807, 2.05) is 12.3 Å². The number of H-pyrrole nitrogens is 1. The van der Waals surface area contributed by atoms with E-state index >= 15 is 0 Å². The van der Waals surface area contributed by atoms with Gasteiger partial charge in [-0.15, -0.1) is 11.3 Å². The van der Waals surface area contributed by atoms with E-state index < -0.39 is 6.04 Å². The fourth-order valence-corrected chi connectivity index (χ4v) is 2.21. The van der Waals surface area contributed by atoms with Crippen molar-refractivity contribution in [1.29, 1.82) is 0 Å². The molecule has 6 nitrogen and oxygen atoms in total. The van der Waals surface area contributed by atoms with Crippen LogP contribution in [0.25, 0.3) is 0 Å². The Kier molecular flexibility index (Phi) is 4.52. The van der Waals surface area contributed by atoms with Gasteiger partial charge in [-0.2, -0.15) is 5.10 Å². The summed E-state index contributed by atoms with van der Waals surface area (Å²) in [6.45, 7) is 3.62. The molecule has 0 spiro atoms. The van der Waals surface area contributed by atoms with Crippen LogP contribution >= 0.6 is 11.3 Å². The van der Waals surface area contributed by atoms with Gasteiger partial charge in [-0.1, -0.05) is 13.0 Å². The van der Waals surface area contributed by atoms with Gasteiger partial charge >= 0.3 is 0 Å². The monoisotopic (exact) mass is 292 g/mol. The lowest BCUT2D eigenvalue weighted by Crippen LogP contribution is -2.41. The maximum atomic E-state index is 11.9. The molecule has 106 valence electrons. The maximum Gasteiger partial charge on any atom is 0.261 e. The van der Waals surface area contributed by atoms with E-state index in [4.69, 9.17) is 0 Å². The van der Waals surface area contributed by atoms with Gasteiger partial charge in [0, 0.05) is 11.8 Å². The number of aromatic nitrogens is 2. The Morgan fingerprint density at radius 2 is 2.30 bits per heavy atom. The zero-order valence-electron chi connectivity index (χ0n) is 11.3. The maximum absolute atomic E-state index is 11.9. The minimum absolute atomic E-state index is 0.251. The van der Waals surface area contributed by atoms with Crippen LogP contribution in [0.3, 0.4) is 0 Å². The quantitative estimate of drug-likeness (QED) is 0.785. The van der Waals surface area contributed by atoms with Crippen molar-refractivity contribution in [3.05, 3.63) is 34.2 Å². The molecule has 2 heterocycles. The van der Waals surface area contributed by atoms with Crippen molar-refractivity contribution in [3.8, 4) is 0 Å². The number of hydrogen-bond donors (Lipinski definition) is 3. The molecule has 20 heavy (non-hydrogen) atoms. The molecule has 0 bridgehead atoms. The van der Waals surface area contributed by atoms with E-state index in [-0.39, 0.29) is 11.8 Å². The number of amides is 2. The van der Waals surface area contributed by atoms with Crippen molar-refractivity contribution in [1.82, 2.24) is 15.5 Å². The van der Waals surface area contributed by atoms with Crippen LogP contribution in [0, 0.1) is 0 Å². The molecule has 0 radical (unpaired) electrons. The van der Waals surface area contributed by atoms with Crippen LogP contribution in [-0.4, -0.2) is 28.1 Å². The van der Waals surface area contributed by atoms with Crippen molar-refractivity contribution in [2.45, 2.75) is 26.3 Å². The SMILES string of the molecule is CCc1cc(NC(=O)[C@H](C)NC(=O)c2cccs2)n[nH]1. The Balaban J connectivity index is 1.90. The van der Waals surface area contributed by atoms with Gasteiger partial charge < -0.3 is 10.6 Å². The molecular weight excluding hydrogens is 276 g/mol. The molecule has 3 N–H and O–H groups in total. The number of hydrogen-bond acceptors (Lipinski definition) is 4. The number of rotatable bonds is 5. The van der Waals surface area contributed by atoms with Crippen LogP contribution in [0.1, 0.15) is 29.2 Å². The van der Waals surface area contributed by atoms with Gasteiger partial charge in [0.1, 0.15) is 6.04 Å². The Hall–Kier alpha value is -2.15. The van der Waals surface area contributed by atoms with Crippen LogP contribution in [-0.2, 0) is 11.2 Å². The molecule has 0 unspecified atom stereocenters. The summed E-state index contributed by atoms with van der Waals surface area (Å²) < 4.78 is 0. The Morgan fingerprint density at radius 1 is 1.50 bits per heavy atom. The van der Waals surface area contributed by atoms with Gasteiger partial charge in [-0.05, 0) is 24.8 Å². The predicted octanol–water partition coefficient (Wildman–Crippen LogP) is 1.79. The summed E-state index contributed by atoms with van der Waals surface area (Å²) in [6.07, 6.45) is 0.813. The van der Waals surface area contributed by atoms with E-state index in [2.05, 4.69) is 20.8 Å². The molecule has 2 rings (SSSR count). The number of carbonyl (C=O) groups is 2. The fourth-order valence-electron chi connectivity index (χ4n) is 1.58. The average Bonchev–Trinajstić information content (AvgIpc) is 3.09. The van der Waals surface area contributed by atoms with Crippen LogP contribution in [0.15, 0.2) is 23.6 Å². The number of aromatic amines is 1. The van der Waals surface area contributed by atoms with E-state index in [9.17, 15) is 9.59 Å². The van der Waals surface area contributed by atoms with E-state index in [1.54, 1.807) is 25.1 Å². The van der Waals surface area contributed by atoms with E-state index in [0.717, 1.165) is 12.1 Å². The summed E-state index contributed by atoms with van der Waals surface area (Å²) in [6, 6.07) is 4.64. The first-order chi connectivity index (χ1) is 9.60.